The number of carbonyl (C=O) groups excluding carboxylic acids is 2. The zero-order chi connectivity index (χ0) is 22.7. The fraction of sp³-hybridized carbons (Fsp3) is 0.333. The van der Waals surface area contributed by atoms with Crippen LogP contribution in [-0.4, -0.2) is 36.9 Å². The number of carbonyl (C=O) groups is 2. The van der Waals surface area contributed by atoms with Crippen molar-refractivity contribution >= 4 is 35.1 Å². The van der Waals surface area contributed by atoms with Gasteiger partial charge in [0, 0.05) is 28.3 Å². The van der Waals surface area contributed by atoms with E-state index in [1.807, 2.05) is 6.07 Å². The highest BCUT2D eigenvalue weighted by Crippen LogP contribution is 2.43. The maximum atomic E-state index is 14.5. The quantitative estimate of drug-likeness (QED) is 0.391. The van der Waals surface area contributed by atoms with Crippen LogP contribution in [0.15, 0.2) is 60.7 Å². The van der Waals surface area contributed by atoms with Crippen LogP contribution >= 0.6 is 23.2 Å². The summed E-state index contributed by atoms with van der Waals surface area (Å²) in [6, 6.07) is 13.3. The van der Waals surface area contributed by atoms with Crippen LogP contribution in [0.1, 0.15) is 23.2 Å². The third-order valence-corrected chi connectivity index (χ3v) is 6.04. The lowest BCUT2D eigenvalue weighted by Gasteiger charge is -2.20. The second-order valence-corrected chi connectivity index (χ2v) is 8.71. The van der Waals surface area contributed by atoms with Gasteiger partial charge in [-0.15, -0.1) is 0 Å². The van der Waals surface area contributed by atoms with Gasteiger partial charge in [-0.2, -0.15) is 0 Å². The molecule has 1 saturated carbocycles. The van der Waals surface area contributed by atoms with E-state index in [4.69, 9.17) is 37.4 Å². The third-order valence-electron chi connectivity index (χ3n) is 5.61. The van der Waals surface area contributed by atoms with Gasteiger partial charge in [-0.3, -0.25) is 4.79 Å². The third kappa shape index (κ3) is 5.43. The first-order valence-corrected chi connectivity index (χ1v) is 11.0. The highest BCUT2D eigenvalue weighted by Gasteiger charge is 2.50. The molecule has 32 heavy (non-hydrogen) atoms. The predicted octanol–water partition coefficient (Wildman–Crippen LogP) is 5.44. The molecular weight excluding hydrogens is 458 g/mol. The maximum absolute atomic E-state index is 14.5. The summed E-state index contributed by atoms with van der Waals surface area (Å²) in [6.07, 6.45) is 1.36. The van der Waals surface area contributed by atoms with E-state index < -0.39 is 18.2 Å². The fourth-order valence-corrected chi connectivity index (χ4v) is 4.67. The van der Waals surface area contributed by atoms with Crippen LogP contribution in [0, 0.1) is 11.8 Å². The lowest BCUT2D eigenvalue weighted by Crippen LogP contribution is -2.25. The van der Waals surface area contributed by atoms with E-state index in [2.05, 4.69) is 0 Å². The number of halogens is 3. The Balaban J connectivity index is 1.41. The van der Waals surface area contributed by atoms with Gasteiger partial charge in [0.15, 0.2) is 6.17 Å². The minimum absolute atomic E-state index is 0.160. The first-order chi connectivity index (χ1) is 15.4. The number of rotatable bonds is 7. The molecule has 1 heterocycles. The van der Waals surface area contributed by atoms with Gasteiger partial charge in [0.1, 0.15) is 24.6 Å². The summed E-state index contributed by atoms with van der Waals surface area (Å²) in [5.41, 5.74) is 0.432. The van der Waals surface area contributed by atoms with Crippen molar-refractivity contribution in [3.63, 3.8) is 0 Å². The summed E-state index contributed by atoms with van der Waals surface area (Å²) in [5.74, 6) is -0.878. The average Bonchev–Trinajstić information content (AvgIpc) is 3.26. The minimum atomic E-state index is -1.42. The van der Waals surface area contributed by atoms with E-state index in [0.717, 1.165) is 0 Å². The largest absolute Gasteiger partial charge is 0.490 e. The molecular formula is C24H21Cl2FO5. The molecule has 8 heteroatoms. The predicted molar refractivity (Wildman–Crippen MR) is 118 cm³/mol. The Morgan fingerprint density at radius 2 is 1.91 bits per heavy atom. The Hall–Kier alpha value is -2.57. The monoisotopic (exact) mass is 478 g/mol. The molecule has 1 aliphatic carbocycles. The number of fused-ring (bicyclic) bond motifs is 1. The molecule has 5 atom stereocenters. The molecule has 4 rings (SSSR count). The van der Waals surface area contributed by atoms with Crippen molar-refractivity contribution in [3.05, 3.63) is 76.3 Å². The molecule has 168 valence electrons. The summed E-state index contributed by atoms with van der Waals surface area (Å²) in [6.45, 7) is -0.238. The van der Waals surface area contributed by atoms with Gasteiger partial charge in [0.2, 0.25) is 0 Å². The fourth-order valence-electron chi connectivity index (χ4n) is 4.16. The van der Waals surface area contributed by atoms with Gasteiger partial charge in [-0.05, 0) is 30.3 Å². The smallest absolute Gasteiger partial charge is 0.338 e. The highest BCUT2D eigenvalue weighted by molar-refractivity contribution is 6.34. The highest BCUT2D eigenvalue weighted by atomic mass is 35.5. The molecule has 0 radical (unpaired) electrons. The second kappa shape index (κ2) is 9.92. The summed E-state index contributed by atoms with van der Waals surface area (Å²) in [7, 11) is 0. The van der Waals surface area contributed by atoms with Crippen molar-refractivity contribution in [2.75, 3.05) is 6.61 Å². The number of hydrogen-bond acceptors (Lipinski definition) is 5. The first-order valence-electron chi connectivity index (χ1n) is 10.3. The first kappa shape index (κ1) is 22.6. The van der Waals surface area contributed by atoms with Gasteiger partial charge in [-0.25, -0.2) is 9.18 Å². The summed E-state index contributed by atoms with van der Waals surface area (Å²) in [5, 5.41) is 0.786. The molecule has 2 aliphatic rings. The number of hydrogen-bond donors (Lipinski definition) is 0. The van der Waals surface area contributed by atoms with E-state index in [1.165, 1.54) is 6.08 Å². The molecule has 2 aromatic carbocycles. The van der Waals surface area contributed by atoms with Crippen molar-refractivity contribution in [1.82, 2.24) is 0 Å². The van der Waals surface area contributed by atoms with Crippen LogP contribution in [0.5, 0.6) is 5.75 Å². The Morgan fingerprint density at radius 3 is 2.62 bits per heavy atom. The minimum Gasteiger partial charge on any atom is -0.490 e. The molecule has 0 N–H and O–H groups in total. The van der Waals surface area contributed by atoms with Crippen molar-refractivity contribution in [2.24, 2.45) is 11.8 Å². The van der Waals surface area contributed by atoms with Gasteiger partial charge in [0.25, 0.3) is 0 Å². The van der Waals surface area contributed by atoms with Crippen LogP contribution in [0.3, 0.4) is 0 Å². The van der Waals surface area contributed by atoms with Crippen molar-refractivity contribution in [3.8, 4) is 5.75 Å². The molecule has 5 nitrogen and oxygen atoms in total. The summed E-state index contributed by atoms with van der Waals surface area (Å²) >= 11 is 11.8. The topological polar surface area (TPSA) is 61.8 Å². The van der Waals surface area contributed by atoms with Gasteiger partial charge < -0.3 is 14.2 Å². The molecule has 0 aromatic heterocycles. The lowest BCUT2D eigenvalue weighted by molar-refractivity contribution is -0.141. The van der Waals surface area contributed by atoms with E-state index in [-0.39, 0.29) is 36.9 Å². The lowest BCUT2D eigenvalue weighted by atomic mass is 9.91. The van der Waals surface area contributed by atoms with Gasteiger partial charge in [0.05, 0.1) is 12.0 Å². The van der Waals surface area contributed by atoms with Crippen LogP contribution < -0.4 is 4.74 Å². The van der Waals surface area contributed by atoms with Crippen LogP contribution in [0.4, 0.5) is 4.39 Å². The summed E-state index contributed by atoms with van der Waals surface area (Å²) < 4.78 is 31.0. The zero-order valence-corrected chi connectivity index (χ0v) is 18.5. The molecule has 2 fully saturated rings. The molecule has 0 bridgehead atoms. The standard InChI is InChI=1S/C24H21Cl2FO5/c25-15-8-16(26)10-18(9-15)30-13-17(27)6-7-19-20-11-23(28)31-22(20)12-21(19)32-24(29)14-4-2-1-3-5-14/h1-10,17,19-22H,11-13H2/b7-6+/t17-,19-,20-,21-,22+/m1/s1. The van der Waals surface area contributed by atoms with Gasteiger partial charge >= 0.3 is 11.9 Å². The van der Waals surface area contributed by atoms with Crippen LogP contribution in [0.25, 0.3) is 0 Å². The Kier molecular flexibility index (Phi) is 7.01. The maximum Gasteiger partial charge on any atom is 0.338 e. The van der Waals surface area contributed by atoms with Crippen molar-refractivity contribution in [2.45, 2.75) is 31.2 Å². The number of esters is 2. The van der Waals surface area contributed by atoms with Crippen molar-refractivity contribution < 1.29 is 28.2 Å². The van der Waals surface area contributed by atoms with E-state index in [1.54, 1.807) is 48.5 Å². The molecule has 0 amide bonds. The zero-order valence-electron chi connectivity index (χ0n) is 17.0. The van der Waals surface area contributed by atoms with Gasteiger partial charge in [-0.1, -0.05) is 53.6 Å². The van der Waals surface area contributed by atoms with Crippen molar-refractivity contribution in [1.29, 1.82) is 0 Å². The number of ether oxygens (including phenoxy) is 3. The molecule has 0 spiro atoms. The normalized spacial score (nSPS) is 25.4. The average molecular weight is 479 g/mol. The summed E-state index contributed by atoms with van der Waals surface area (Å²) in [4.78, 5) is 24.2. The molecule has 1 saturated heterocycles. The molecule has 0 unspecified atom stereocenters. The number of alkyl halides is 1. The molecule has 1 aliphatic heterocycles. The van der Waals surface area contributed by atoms with Crippen LogP contribution in [-0.2, 0) is 14.3 Å². The molecule has 2 aromatic rings. The SMILES string of the molecule is O=C1C[C@@H]2[C@@H](/C=C/[C@@H](F)COc3cc(Cl)cc(Cl)c3)[C@H](OC(=O)c3ccccc3)C[C@@H]2O1. The Bertz CT molecular complexity index is 992. The van der Waals surface area contributed by atoms with E-state index in [9.17, 15) is 14.0 Å². The number of benzene rings is 2. The Morgan fingerprint density at radius 1 is 1.19 bits per heavy atom. The second-order valence-electron chi connectivity index (χ2n) is 7.84. The van der Waals surface area contributed by atoms with E-state index >= 15 is 0 Å². The Labute approximate surface area is 195 Å². The van der Waals surface area contributed by atoms with E-state index in [0.29, 0.717) is 27.8 Å². The van der Waals surface area contributed by atoms with Crippen LogP contribution in [0.2, 0.25) is 10.0 Å².